The van der Waals surface area contributed by atoms with Gasteiger partial charge in [-0.25, -0.2) is 0 Å². The minimum atomic E-state index is 0.756. The van der Waals surface area contributed by atoms with E-state index in [0.29, 0.717) is 0 Å². The Bertz CT molecular complexity index is 344. The molecule has 1 aliphatic rings. The van der Waals surface area contributed by atoms with Gasteiger partial charge in [-0.1, -0.05) is 18.5 Å². The lowest BCUT2D eigenvalue weighted by molar-refractivity contribution is 0.312. The molecule has 1 N–H and O–H groups in total. The number of rotatable bonds is 5. The molecule has 1 fully saturated rings. The van der Waals surface area contributed by atoms with Crippen molar-refractivity contribution in [2.24, 2.45) is 5.92 Å². The van der Waals surface area contributed by atoms with Gasteiger partial charge in [0, 0.05) is 28.3 Å². The number of thioether (sulfide) groups is 1. The van der Waals surface area contributed by atoms with Crippen molar-refractivity contribution in [1.82, 2.24) is 5.32 Å². The third-order valence-electron chi connectivity index (χ3n) is 3.63. The van der Waals surface area contributed by atoms with Crippen LogP contribution in [0.15, 0.2) is 29.2 Å². The van der Waals surface area contributed by atoms with Crippen LogP contribution >= 0.6 is 23.4 Å². The van der Waals surface area contributed by atoms with Crippen LogP contribution in [0.4, 0.5) is 0 Å². The van der Waals surface area contributed by atoms with E-state index in [1.54, 1.807) is 0 Å². The second-order valence-corrected chi connectivity index (χ2v) is 6.82. The first-order valence-corrected chi connectivity index (χ1v) is 8.22. The van der Waals surface area contributed by atoms with E-state index < -0.39 is 0 Å². The number of benzene rings is 1. The molecule has 0 unspecified atom stereocenters. The summed E-state index contributed by atoms with van der Waals surface area (Å²) in [4.78, 5) is 1.30. The highest BCUT2D eigenvalue weighted by molar-refractivity contribution is 7.99. The average molecular weight is 284 g/mol. The van der Waals surface area contributed by atoms with Gasteiger partial charge in [0.25, 0.3) is 0 Å². The van der Waals surface area contributed by atoms with Gasteiger partial charge in [-0.2, -0.15) is 0 Å². The summed E-state index contributed by atoms with van der Waals surface area (Å²) in [5.74, 6) is 2.07. The second kappa shape index (κ2) is 7.42. The molecule has 0 heterocycles. The van der Waals surface area contributed by atoms with Crippen LogP contribution in [-0.4, -0.2) is 18.3 Å². The van der Waals surface area contributed by atoms with Crippen LogP contribution in [0.3, 0.4) is 0 Å². The molecule has 0 amide bonds. The Balaban J connectivity index is 1.60. The van der Waals surface area contributed by atoms with Crippen LogP contribution in [0.25, 0.3) is 0 Å². The van der Waals surface area contributed by atoms with Crippen molar-refractivity contribution in [3.63, 3.8) is 0 Å². The van der Waals surface area contributed by atoms with Crippen LogP contribution in [-0.2, 0) is 0 Å². The fraction of sp³-hybridized carbons (Fsp3) is 0.600. The van der Waals surface area contributed by atoms with Crippen molar-refractivity contribution in [2.75, 3.05) is 12.3 Å². The fourth-order valence-electron chi connectivity index (χ4n) is 2.43. The van der Waals surface area contributed by atoms with Crippen molar-refractivity contribution in [2.45, 2.75) is 43.5 Å². The molecule has 0 bridgehead atoms. The summed E-state index contributed by atoms with van der Waals surface area (Å²) >= 11 is 7.76. The lowest BCUT2D eigenvalue weighted by Crippen LogP contribution is -2.34. The summed E-state index contributed by atoms with van der Waals surface area (Å²) in [5.41, 5.74) is 0. The van der Waals surface area contributed by atoms with Gasteiger partial charge < -0.3 is 5.32 Å². The van der Waals surface area contributed by atoms with E-state index in [4.69, 9.17) is 11.6 Å². The molecule has 18 heavy (non-hydrogen) atoms. The second-order valence-electron chi connectivity index (χ2n) is 5.21. The van der Waals surface area contributed by atoms with Crippen LogP contribution in [0.5, 0.6) is 0 Å². The highest BCUT2D eigenvalue weighted by Gasteiger charge is 2.16. The van der Waals surface area contributed by atoms with E-state index in [2.05, 4.69) is 24.4 Å². The first-order chi connectivity index (χ1) is 8.74. The minimum Gasteiger partial charge on any atom is -0.313 e. The van der Waals surface area contributed by atoms with Gasteiger partial charge in [0.2, 0.25) is 0 Å². The molecule has 0 atom stereocenters. The molecule has 1 nitrogen and oxygen atoms in total. The summed E-state index contributed by atoms with van der Waals surface area (Å²) in [5, 5.41) is 4.49. The highest BCUT2D eigenvalue weighted by Crippen LogP contribution is 2.24. The number of hydrogen-bond acceptors (Lipinski definition) is 2. The number of halogens is 1. The van der Waals surface area contributed by atoms with Gasteiger partial charge in [0.15, 0.2) is 0 Å². The van der Waals surface area contributed by atoms with E-state index in [9.17, 15) is 0 Å². The predicted octanol–water partition coefficient (Wildman–Crippen LogP) is 4.60. The summed E-state index contributed by atoms with van der Waals surface area (Å²) < 4.78 is 0. The lowest BCUT2D eigenvalue weighted by atomic mass is 9.87. The van der Waals surface area contributed by atoms with Gasteiger partial charge in [-0.15, -0.1) is 11.8 Å². The van der Waals surface area contributed by atoms with Gasteiger partial charge in [-0.05, 0) is 55.9 Å². The minimum absolute atomic E-state index is 0.756. The Morgan fingerprint density at radius 3 is 2.50 bits per heavy atom. The molecule has 3 heteroatoms. The molecule has 1 saturated carbocycles. The Morgan fingerprint density at radius 1 is 1.17 bits per heavy atom. The molecule has 1 aromatic carbocycles. The van der Waals surface area contributed by atoms with E-state index in [1.807, 2.05) is 23.9 Å². The van der Waals surface area contributed by atoms with E-state index in [-0.39, 0.29) is 0 Å². The normalized spacial score (nSPS) is 24.1. The standard InChI is InChI=1S/C15H22ClNS/c1-12-2-6-14(7-3-12)17-10-11-18-15-8-4-13(16)5-9-15/h4-5,8-9,12,14,17H,2-3,6-7,10-11H2,1H3. The molecule has 0 aromatic heterocycles. The average Bonchev–Trinajstić information content (AvgIpc) is 2.39. The molecule has 100 valence electrons. The van der Waals surface area contributed by atoms with Crippen LogP contribution in [0, 0.1) is 5.92 Å². The highest BCUT2D eigenvalue weighted by atomic mass is 35.5. The van der Waals surface area contributed by atoms with Gasteiger partial charge in [0.05, 0.1) is 0 Å². The molecule has 0 saturated heterocycles. The summed E-state index contributed by atoms with van der Waals surface area (Å²) in [7, 11) is 0. The molecule has 0 spiro atoms. The Morgan fingerprint density at radius 2 is 1.83 bits per heavy atom. The lowest BCUT2D eigenvalue weighted by Gasteiger charge is -2.26. The first-order valence-electron chi connectivity index (χ1n) is 6.86. The van der Waals surface area contributed by atoms with Crippen molar-refractivity contribution < 1.29 is 0 Å². The first kappa shape index (κ1) is 14.2. The van der Waals surface area contributed by atoms with Crippen molar-refractivity contribution in [3.05, 3.63) is 29.3 Å². The largest absolute Gasteiger partial charge is 0.313 e. The van der Waals surface area contributed by atoms with Crippen LogP contribution in [0.1, 0.15) is 32.6 Å². The van der Waals surface area contributed by atoms with Gasteiger partial charge >= 0.3 is 0 Å². The zero-order valence-electron chi connectivity index (χ0n) is 11.0. The molecule has 0 radical (unpaired) electrons. The van der Waals surface area contributed by atoms with Crippen LogP contribution in [0.2, 0.25) is 5.02 Å². The van der Waals surface area contributed by atoms with Crippen molar-refractivity contribution >= 4 is 23.4 Å². The van der Waals surface area contributed by atoms with Gasteiger partial charge in [0.1, 0.15) is 0 Å². The molecular formula is C15H22ClNS. The summed E-state index contributed by atoms with van der Waals surface area (Å²) in [6.45, 7) is 3.47. The van der Waals surface area contributed by atoms with Crippen molar-refractivity contribution in [1.29, 1.82) is 0 Å². The third kappa shape index (κ3) is 4.83. The Labute approximate surface area is 120 Å². The fourth-order valence-corrected chi connectivity index (χ4v) is 3.34. The van der Waals surface area contributed by atoms with Crippen LogP contribution < -0.4 is 5.32 Å². The maximum atomic E-state index is 5.86. The number of nitrogens with one attached hydrogen (secondary N) is 1. The SMILES string of the molecule is CC1CCC(NCCSc2ccc(Cl)cc2)CC1. The molecule has 0 aliphatic heterocycles. The molecule has 2 rings (SSSR count). The topological polar surface area (TPSA) is 12.0 Å². The monoisotopic (exact) mass is 283 g/mol. The Kier molecular flexibility index (Phi) is 5.87. The van der Waals surface area contributed by atoms with E-state index in [0.717, 1.165) is 29.3 Å². The molecule has 1 aliphatic carbocycles. The molecular weight excluding hydrogens is 262 g/mol. The maximum absolute atomic E-state index is 5.86. The quantitative estimate of drug-likeness (QED) is 0.626. The van der Waals surface area contributed by atoms with E-state index in [1.165, 1.54) is 30.6 Å². The molecule has 1 aromatic rings. The Hall–Kier alpha value is -0.180. The maximum Gasteiger partial charge on any atom is 0.0406 e. The van der Waals surface area contributed by atoms with E-state index >= 15 is 0 Å². The predicted molar refractivity (Wildman–Crippen MR) is 81.6 cm³/mol. The van der Waals surface area contributed by atoms with Crippen molar-refractivity contribution in [3.8, 4) is 0 Å². The van der Waals surface area contributed by atoms with Gasteiger partial charge in [-0.3, -0.25) is 0 Å². The zero-order chi connectivity index (χ0) is 12.8. The third-order valence-corrected chi connectivity index (χ3v) is 4.90. The number of hydrogen-bond donors (Lipinski definition) is 1. The summed E-state index contributed by atoms with van der Waals surface area (Å²) in [6.07, 6.45) is 5.49. The smallest absolute Gasteiger partial charge is 0.0406 e. The summed E-state index contributed by atoms with van der Waals surface area (Å²) in [6, 6.07) is 8.86. The zero-order valence-corrected chi connectivity index (χ0v) is 12.6.